The van der Waals surface area contributed by atoms with Gasteiger partial charge in [0, 0.05) is 17.6 Å². The van der Waals surface area contributed by atoms with Gasteiger partial charge in [0.25, 0.3) is 5.91 Å². The fourth-order valence-electron chi connectivity index (χ4n) is 1.78. The molecule has 0 aromatic heterocycles. The molecule has 9 heteroatoms. The van der Waals surface area contributed by atoms with Crippen molar-refractivity contribution in [2.45, 2.75) is 26.3 Å². The Morgan fingerprint density at radius 3 is 2.46 bits per heavy atom. The number of rotatable bonds is 7. The van der Waals surface area contributed by atoms with Crippen molar-refractivity contribution in [2.24, 2.45) is 0 Å². The standard InChI is InChI=1S/C17H22BrClN2O5/c1-17(2,3)20-14(22)8-21(4)15(23)9-26-16(24)10-25-13-6-5-11(19)7-12(13)18/h5-7H,8-10H2,1-4H3,(H,20,22). The highest BCUT2D eigenvalue weighted by molar-refractivity contribution is 9.10. The van der Waals surface area contributed by atoms with E-state index in [-0.39, 0.29) is 24.6 Å². The van der Waals surface area contributed by atoms with Crippen LogP contribution >= 0.6 is 27.5 Å². The number of esters is 1. The van der Waals surface area contributed by atoms with E-state index in [1.807, 2.05) is 20.8 Å². The molecular formula is C17H22BrClN2O5. The summed E-state index contributed by atoms with van der Waals surface area (Å²) < 4.78 is 10.8. The van der Waals surface area contributed by atoms with Gasteiger partial charge in [-0.05, 0) is 54.9 Å². The van der Waals surface area contributed by atoms with E-state index < -0.39 is 18.5 Å². The first kappa shape index (κ1) is 22.2. The molecule has 144 valence electrons. The lowest BCUT2D eigenvalue weighted by Gasteiger charge is -2.23. The van der Waals surface area contributed by atoms with Crippen LogP contribution in [-0.2, 0) is 19.1 Å². The van der Waals surface area contributed by atoms with E-state index in [9.17, 15) is 14.4 Å². The van der Waals surface area contributed by atoms with Crippen LogP contribution in [-0.4, -0.2) is 55.0 Å². The van der Waals surface area contributed by atoms with Gasteiger partial charge in [0.05, 0.1) is 11.0 Å². The molecule has 0 atom stereocenters. The minimum Gasteiger partial charge on any atom is -0.481 e. The summed E-state index contributed by atoms with van der Waals surface area (Å²) in [7, 11) is 1.46. The largest absolute Gasteiger partial charge is 0.481 e. The smallest absolute Gasteiger partial charge is 0.344 e. The van der Waals surface area contributed by atoms with Gasteiger partial charge in [-0.25, -0.2) is 4.79 Å². The SMILES string of the molecule is CN(CC(=O)NC(C)(C)C)C(=O)COC(=O)COc1ccc(Cl)cc1Br. The van der Waals surface area contributed by atoms with Crippen LogP contribution in [0.25, 0.3) is 0 Å². The second-order valence-electron chi connectivity index (χ2n) is 6.57. The average molecular weight is 450 g/mol. The second kappa shape index (κ2) is 9.78. The van der Waals surface area contributed by atoms with Crippen LogP contribution in [0.2, 0.25) is 5.02 Å². The first-order valence-electron chi connectivity index (χ1n) is 7.76. The Kier molecular flexibility index (Phi) is 8.36. The maximum atomic E-state index is 11.9. The molecule has 2 amide bonds. The predicted octanol–water partition coefficient (Wildman–Crippen LogP) is 2.40. The lowest BCUT2D eigenvalue weighted by atomic mass is 10.1. The molecule has 0 radical (unpaired) electrons. The van der Waals surface area contributed by atoms with Gasteiger partial charge in [-0.15, -0.1) is 0 Å². The third-order valence-corrected chi connectivity index (χ3v) is 3.77. The molecule has 1 rings (SSSR count). The quantitative estimate of drug-likeness (QED) is 0.646. The summed E-state index contributed by atoms with van der Waals surface area (Å²) in [6, 6.07) is 4.85. The summed E-state index contributed by atoms with van der Waals surface area (Å²) in [5, 5.41) is 3.27. The fraction of sp³-hybridized carbons (Fsp3) is 0.471. The summed E-state index contributed by atoms with van der Waals surface area (Å²) in [5.74, 6) is -1.06. The molecule has 0 aliphatic heterocycles. The summed E-state index contributed by atoms with van der Waals surface area (Å²) in [4.78, 5) is 36.6. The summed E-state index contributed by atoms with van der Waals surface area (Å²) in [5.41, 5.74) is -0.388. The van der Waals surface area contributed by atoms with Gasteiger partial charge >= 0.3 is 5.97 Å². The highest BCUT2D eigenvalue weighted by Gasteiger charge is 2.19. The third kappa shape index (κ3) is 8.53. The van der Waals surface area contributed by atoms with Crippen LogP contribution < -0.4 is 10.1 Å². The normalized spacial score (nSPS) is 10.8. The number of halogens is 2. The zero-order chi connectivity index (χ0) is 19.9. The number of benzene rings is 1. The molecule has 0 saturated heterocycles. The number of ether oxygens (including phenoxy) is 2. The molecular weight excluding hydrogens is 428 g/mol. The van der Waals surface area contributed by atoms with Crippen molar-refractivity contribution in [3.05, 3.63) is 27.7 Å². The molecule has 1 aromatic carbocycles. The second-order valence-corrected chi connectivity index (χ2v) is 7.86. The highest BCUT2D eigenvalue weighted by atomic mass is 79.9. The summed E-state index contributed by atoms with van der Waals surface area (Å²) in [6.45, 7) is 4.57. The molecule has 0 heterocycles. The molecule has 0 aliphatic rings. The van der Waals surface area contributed by atoms with Crippen molar-refractivity contribution in [3.63, 3.8) is 0 Å². The minimum absolute atomic E-state index is 0.123. The first-order chi connectivity index (χ1) is 12.0. The average Bonchev–Trinajstić information content (AvgIpc) is 2.49. The number of amides is 2. The topological polar surface area (TPSA) is 84.9 Å². The molecule has 26 heavy (non-hydrogen) atoms. The number of nitrogens with one attached hydrogen (secondary N) is 1. The van der Waals surface area contributed by atoms with Crippen LogP contribution in [0.4, 0.5) is 0 Å². The van der Waals surface area contributed by atoms with E-state index in [2.05, 4.69) is 21.2 Å². The lowest BCUT2D eigenvalue weighted by molar-refractivity contribution is -0.153. The van der Waals surface area contributed by atoms with E-state index in [1.54, 1.807) is 18.2 Å². The Balaban J connectivity index is 2.37. The number of carbonyl (C=O) groups excluding carboxylic acids is 3. The third-order valence-electron chi connectivity index (χ3n) is 2.92. The zero-order valence-corrected chi connectivity index (χ0v) is 17.4. The van der Waals surface area contributed by atoms with Crippen molar-refractivity contribution in [1.82, 2.24) is 10.2 Å². The number of hydrogen-bond donors (Lipinski definition) is 1. The zero-order valence-electron chi connectivity index (χ0n) is 15.1. The molecule has 1 N–H and O–H groups in total. The van der Waals surface area contributed by atoms with Gasteiger partial charge in [0.15, 0.2) is 13.2 Å². The van der Waals surface area contributed by atoms with Crippen molar-refractivity contribution < 1.29 is 23.9 Å². The Bertz CT molecular complexity index is 676. The van der Waals surface area contributed by atoms with Crippen LogP contribution in [0.1, 0.15) is 20.8 Å². The Labute approximate surface area is 166 Å². The van der Waals surface area contributed by atoms with Crippen molar-refractivity contribution in [2.75, 3.05) is 26.8 Å². The van der Waals surface area contributed by atoms with Crippen molar-refractivity contribution in [1.29, 1.82) is 0 Å². The van der Waals surface area contributed by atoms with Crippen LogP contribution in [0, 0.1) is 0 Å². The first-order valence-corrected chi connectivity index (χ1v) is 8.93. The van der Waals surface area contributed by atoms with Gasteiger partial charge < -0.3 is 19.7 Å². The van der Waals surface area contributed by atoms with E-state index in [4.69, 9.17) is 21.1 Å². The Morgan fingerprint density at radius 2 is 1.88 bits per heavy atom. The summed E-state index contributed by atoms with van der Waals surface area (Å²) >= 11 is 9.08. The van der Waals surface area contributed by atoms with E-state index in [1.165, 1.54) is 11.9 Å². The number of nitrogens with zero attached hydrogens (tertiary/aromatic N) is 1. The van der Waals surface area contributed by atoms with Crippen LogP contribution in [0.3, 0.4) is 0 Å². The number of likely N-dealkylation sites (N-methyl/N-ethyl adjacent to an activating group) is 1. The summed E-state index contributed by atoms with van der Waals surface area (Å²) in [6.07, 6.45) is 0. The van der Waals surface area contributed by atoms with Crippen LogP contribution in [0.15, 0.2) is 22.7 Å². The maximum Gasteiger partial charge on any atom is 0.344 e. The molecule has 0 bridgehead atoms. The van der Waals surface area contributed by atoms with Crippen molar-refractivity contribution >= 4 is 45.3 Å². The molecule has 1 aromatic rings. The molecule has 0 saturated carbocycles. The minimum atomic E-state index is -0.701. The fourth-order valence-corrected chi connectivity index (χ4v) is 2.58. The predicted molar refractivity (Wildman–Crippen MR) is 101 cm³/mol. The monoisotopic (exact) mass is 448 g/mol. The number of carbonyl (C=O) groups is 3. The molecule has 0 fully saturated rings. The molecule has 0 unspecified atom stereocenters. The Morgan fingerprint density at radius 1 is 1.23 bits per heavy atom. The van der Waals surface area contributed by atoms with E-state index >= 15 is 0 Å². The van der Waals surface area contributed by atoms with Gasteiger partial charge in [-0.2, -0.15) is 0 Å². The van der Waals surface area contributed by atoms with Gasteiger partial charge in [0.1, 0.15) is 5.75 Å². The molecule has 7 nitrogen and oxygen atoms in total. The Hall–Kier alpha value is -1.80. The van der Waals surface area contributed by atoms with E-state index in [0.717, 1.165) is 0 Å². The number of hydrogen-bond acceptors (Lipinski definition) is 5. The molecule has 0 aliphatic carbocycles. The maximum absolute atomic E-state index is 11.9. The highest BCUT2D eigenvalue weighted by Crippen LogP contribution is 2.27. The van der Waals surface area contributed by atoms with Crippen LogP contribution in [0.5, 0.6) is 5.75 Å². The lowest BCUT2D eigenvalue weighted by Crippen LogP contribution is -2.47. The van der Waals surface area contributed by atoms with E-state index in [0.29, 0.717) is 15.2 Å². The van der Waals surface area contributed by atoms with Gasteiger partial charge in [-0.1, -0.05) is 11.6 Å². The van der Waals surface area contributed by atoms with Gasteiger partial charge in [0.2, 0.25) is 5.91 Å². The van der Waals surface area contributed by atoms with Crippen molar-refractivity contribution in [3.8, 4) is 5.75 Å². The van der Waals surface area contributed by atoms with Gasteiger partial charge in [-0.3, -0.25) is 9.59 Å². The molecule has 0 spiro atoms.